The number of nitrogens with one attached hydrogen (secondary N) is 3. The minimum Gasteiger partial charge on any atom is -0.378 e. The number of amides is 1. The number of carbonyl (C=O) groups is 1. The quantitative estimate of drug-likeness (QED) is 0.366. The summed E-state index contributed by atoms with van der Waals surface area (Å²) in [6.07, 6.45) is 5.36. The predicted molar refractivity (Wildman–Crippen MR) is 138 cm³/mol. The van der Waals surface area contributed by atoms with Gasteiger partial charge < -0.3 is 20.6 Å². The highest BCUT2D eigenvalue weighted by molar-refractivity contribution is 6.30. The highest BCUT2D eigenvalue weighted by atomic mass is 35.5. The van der Waals surface area contributed by atoms with E-state index >= 15 is 0 Å². The Kier molecular flexibility index (Phi) is 6.42. The number of aliphatic hydroxyl groups is 1. The van der Waals surface area contributed by atoms with Gasteiger partial charge in [-0.05, 0) is 55.3 Å². The molecule has 1 amide bonds. The molecule has 9 heteroatoms. The first-order chi connectivity index (χ1) is 16.9. The van der Waals surface area contributed by atoms with Gasteiger partial charge in [0.1, 0.15) is 12.0 Å². The molecule has 0 saturated carbocycles. The smallest absolute Gasteiger partial charge is 0.229 e. The molecule has 1 aromatic heterocycles. The molecule has 2 aromatic carbocycles. The van der Waals surface area contributed by atoms with Gasteiger partial charge in [0.2, 0.25) is 11.9 Å². The number of carbonyl (C=O) groups excluding carboxylic acids is 1. The van der Waals surface area contributed by atoms with E-state index in [9.17, 15) is 9.90 Å². The van der Waals surface area contributed by atoms with Gasteiger partial charge in [0.25, 0.3) is 0 Å². The molecule has 35 heavy (non-hydrogen) atoms. The van der Waals surface area contributed by atoms with E-state index in [2.05, 4.69) is 20.9 Å². The Bertz CT molecular complexity index is 1300. The Balaban J connectivity index is 1.25. The van der Waals surface area contributed by atoms with Crippen molar-refractivity contribution in [3.8, 4) is 0 Å². The maximum Gasteiger partial charge on any atom is 0.229 e. The van der Waals surface area contributed by atoms with Gasteiger partial charge in [-0.25, -0.2) is 4.98 Å². The van der Waals surface area contributed by atoms with Crippen molar-refractivity contribution in [2.75, 3.05) is 22.1 Å². The Morgan fingerprint density at radius 1 is 1.26 bits per heavy atom. The third kappa shape index (κ3) is 5.14. The number of hydrogen-bond acceptors (Lipinski definition) is 7. The number of aliphatic hydroxyl groups excluding tert-OH is 1. The topological polar surface area (TPSA) is 102 Å². The molecule has 3 aromatic rings. The summed E-state index contributed by atoms with van der Waals surface area (Å²) >= 11 is 6.11. The van der Waals surface area contributed by atoms with Gasteiger partial charge in [-0.15, -0.1) is 0 Å². The van der Waals surface area contributed by atoms with Gasteiger partial charge in [-0.1, -0.05) is 29.8 Å². The van der Waals surface area contributed by atoms with Crippen molar-refractivity contribution in [1.82, 2.24) is 15.3 Å². The Morgan fingerprint density at radius 3 is 2.94 bits per heavy atom. The zero-order valence-corrected chi connectivity index (χ0v) is 20.3. The van der Waals surface area contributed by atoms with Crippen LogP contribution in [0.3, 0.4) is 0 Å². The molecule has 180 valence electrons. The first-order valence-electron chi connectivity index (χ1n) is 11.5. The Morgan fingerprint density at radius 2 is 2.11 bits per heavy atom. The number of aromatic nitrogens is 2. The summed E-state index contributed by atoms with van der Waals surface area (Å²) in [6.45, 7) is 4.55. The van der Waals surface area contributed by atoms with Crippen molar-refractivity contribution >= 4 is 40.6 Å². The fourth-order valence-corrected chi connectivity index (χ4v) is 4.60. The molecular formula is C26H27ClN6O2. The number of aryl methyl sites for hydroxylation is 1. The number of benzene rings is 2. The number of rotatable bonds is 7. The maximum absolute atomic E-state index is 11.6. The second kappa shape index (κ2) is 9.65. The molecule has 1 unspecified atom stereocenters. The van der Waals surface area contributed by atoms with Gasteiger partial charge in [0, 0.05) is 52.9 Å². The molecule has 8 nitrogen and oxygen atoms in total. The second-order valence-corrected chi connectivity index (χ2v) is 9.40. The third-order valence-corrected chi connectivity index (χ3v) is 6.53. The molecule has 0 fully saturated rings. The summed E-state index contributed by atoms with van der Waals surface area (Å²) in [7, 11) is 0. The average Bonchev–Trinajstić information content (AvgIpc) is 3.46. The first kappa shape index (κ1) is 23.3. The van der Waals surface area contributed by atoms with Crippen molar-refractivity contribution in [2.24, 2.45) is 5.92 Å². The predicted octanol–water partition coefficient (Wildman–Crippen LogP) is 4.30. The van der Waals surface area contributed by atoms with Crippen molar-refractivity contribution in [3.63, 3.8) is 0 Å². The van der Waals surface area contributed by atoms with Crippen molar-refractivity contribution in [3.05, 3.63) is 82.7 Å². The van der Waals surface area contributed by atoms with Crippen LogP contribution in [0.5, 0.6) is 0 Å². The van der Waals surface area contributed by atoms with Gasteiger partial charge in [-0.2, -0.15) is 4.98 Å². The van der Waals surface area contributed by atoms with E-state index in [4.69, 9.17) is 16.6 Å². The zero-order chi connectivity index (χ0) is 24.5. The van der Waals surface area contributed by atoms with Crippen LogP contribution in [0.4, 0.5) is 23.1 Å². The molecule has 2 aliphatic rings. The van der Waals surface area contributed by atoms with Crippen LogP contribution >= 0.6 is 11.6 Å². The fraction of sp³-hybridized carbons (Fsp3) is 0.269. The largest absolute Gasteiger partial charge is 0.378 e. The number of nitrogens with zero attached hydrogens (tertiary/aromatic N) is 3. The summed E-state index contributed by atoms with van der Waals surface area (Å²) in [4.78, 5) is 22.8. The fourth-order valence-electron chi connectivity index (χ4n) is 4.40. The molecule has 3 atom stereocenters. The molecule has 0 spiro atoms. The van der Waals surface area contributed by atoms with E-state index < -0.39 is 6.23 Å². The van der Waals surface area contributed by atoms with Crippen molar-refractivity contribution in [1.29, 1.82) is 0 Å². The molecule has 0 aliphatic carbocycles. The van der Waals surface area contributed by atoms with Crippen LogP contribution in [0, 0.1) is 12.8 Å². The highest BCUT2D eigenvalue weighted by Crippen LogP contribution is 2.29. The minimum atomic E-state index is -0.729. The SMILES string of the molecule is Cc1cnc(Nc2ccc3c(c2)CC(=O)N3)nc1N1C=C[C@H]([C@@H](O)NC(C)c2cccc(Cl)c2)C1. The summed E-state index contributed by atoms with van der Waals surface area (Å²) in [5.74, 6) is 1.13. The Hall–Kier alpha value is -3.46. The molecule has 2 aliphatic heterocycles. The van der Waals surface area contributed by atoms with E-state index in [0.717, 1.165) is 33.9 Å². The van der Waals surface area contributed by atoms with Gasteiger partial charge in [-0.3, -0.25) is 10.1 Å². The lowest BCUT2D eigenvalue weighted by Gasteiger charge is -2.25. The van der Waals surface area contributed by atoms with Crippen LogP contribution < -0.4 is 20.9 Å². The first-order valence-corrected chi connectivity index (χ1v) is 11.9. The molecule has 3 heterocycles. The van der Waals surface area contributed by atoms with Gasteiger partial charge >= 0.3 is 0 Å². The zero-order valence-electron chi connectivity index (χ0n) is 19.5. The Labute approximate surface area is 209 Å². The van der Waals surface area contributed by atoms with Crippen molar-refractivity contribution in [2.45, 2.75) is 32.5 Å². The standard InChI is InChI=1S/C26H27ClN6O2/c1-15-13-28-26(30-21-6-7-22-19(11-21)12-23(34)31-22)32-24(15)33-9-8-18(14-33)25(35)29-16(2)17-4-3-5-20(27)10-17/h3-11,13,16,18,25,29,35H,12,14H2,1-2H3,(H,31,34)(H,28,30,32)/t16?,18-,25+/m0/s1. The van der Waals surface area contributed by atoms with Gasteiger partial charge in [0.05, 0.1) is 6.42 Å². The molecule has 5 rings (SSSR count). The molecule has 4 N–H and O–H groups in total. The third-order valence-electron chi connectivity index (χ3n) is 6.30. The monoisotopic (exact) mass is 490 g/mol. The summed E-state index contributed by atoms with van der Waals surface area (Å²) in [5, 5.41) is 20.8. The van der Waals surface area contributed by atoms with Crippen LogP contribution in [0.15, 0.2) is 60.9 Å². The van der Waals surface area contributed by atoms with E-state index in [0.29, 0.717) is 23.9 Å². The van der Waals surface area contributed by atoms with E-state index in [1.807, 2.05) is 73.5 Å². The highest BCUT2D eigenvalue weighted by Gasteiger charge is 2.27. The van der Waals surface area contributed by atoms with Crippen LogP contribution in [0.2, 0.25) is 5.02 Å². The summed E-state index contributed by atoms with van der Waals surface area (Å²) < 4.78 is 0. The normalized spacial score (nSPS) is 18.3. The van der Waals surface area contributed by atoms with Crippen molar-refractivity contribution < 1.29 is 9.90 Å². The molecule has 0 bridgehead atoms. The lowest BCUT2D eigenvalue weighted by atomic mass is 10.1. The molecule has 0 saturated heterocycles. The minimum absolute atomic E-state index is 0.0000320. The molecule has 0 radical (unpaired) electrons. The maximum atomic E-state index is 11.6. The second-order valence-electron chi connectivity index (χ2n) is 8.97. The lowest BCUT2D eigenvalue weighted by Crippen LogP contribution is -2.39. The van der Waals surface area contributed by atoms with Crippen LogP contribution in [-0.2, 0) is 11.2 Å². The van der Waals surface area contributed by atoms with Crippen LogP contribution in [-0.4, -0.2) is 33.8 Å². The summed E-state index contributed by atoms with van der Waals surface area (Å²) in [6, 6.07) is 13.3. The molecular weight excluding hydrogens is 464 g/mol. The van der Waals surface area contributed by atoms with E-state index in [1.165, 1.54) is 0 Å². The number of anilines is 4. The lowest BCUT2D eigenvalue weighted by molar-refractivity contribution is -0.115. The van der Waals surface area contributed by atoms with E-state index in [1.54, 1.807) is 6.20 Å². The summed E-state index contributed by atoms with van der Waals surface area (Å²) in [5.41, 5.74) is 4.56. The average molecular weight is 491 g/mol. The van der Waals surface area contributed by atoms with Crippen LogP contribution in [0.1, 0.15) is 29.7 Å². The number of fused-ring (bicyclic) bond motifs is 1. The van der Waals surface area contributed by atoms with Gasteiger partial charge in [0.15, 0.2) is 0 Å². The number of halogens is 1. The van der Waals surface area contributed by atoms with Crippen LogP contribution in [0.25, 0.3) is 0 Å². The van der Waals surface area contributed by atoms with E-state index in [-0.39, 0.29) is 17.9 Å². The number of hydrogen-bond donors (Lipinski definition) is 4.